The smallest absolute Gasteiger partial charge is 0.329 e. The van der Waals surface area contributed by atoms with E-state index in [9.17, 15) is 14.4 Å². The van der Waals surface area contributed by atoms with Crippen molar-refractivity contribution in [1.29, 1.82) is 0 Å². The molecule has 44 heavy (non-hydrogen) atoms. The molecule has 0 fully saturated rings. The number of nitrogens with one attached hydrogen (secondary N) is 1. The third kappa shape index (κ3) is 14.3. The number of carbonyl (C=O) groups is 3. The Kier molecular flexibility index (Phi) is 13.3. The van der Waals surface area contributed by atoms with Crippen molar-refractivity contribution in [2.45, 2.75) is 104 Å². The van der Waals surface area contributed by atoms with E-state index < -0.39 is 41.1 Å². The van der Waals surface area contributed by atoms with E-state index in [1.807, 2.05) is 75.4 Å². The van der Waals surface area contributed by atoms with Gasteiger partial charge in [-0.2, -0.15) is 0 Å². The van der Waals surface area contributed by atoms with Crippen molar-refractivity contribution in [2.75, 3.05) is 19.6 Å². The molecule has 2 amide bonds. The molecule has 0 aliphatic heterocycles. The predicted molar refractivity (Wildman–Crippen MR) is 173 cm³/mol. The minimum atomic E-state index is -0.967. The molecule has 2 aromatic rings. The van der Waals surface area contributed by atoms with Gasteiger partial charge in [0.25, 0.3) is 0 Å². The van der Waals surface area contributed by atoms with E-state index in [1.54, 1.807) is 46.4 Å². The highest BCUT2D eigenvalue weighted by Crippen LogP contribution is 2.20. The van der Waals surface area contributed by atoms with Gasteiger partial charge in [0, 0.05) is 26.1 Å². The lowest BCUT2D eigenvalue weighted by atomic mass is 10.0. The molecule has 9 heteroatoms. The summed E-state index contributed by atoms with van der Waals surface area (Å²) in [5.41, 5.74) is 6.16. The lowest BCUT2D eigenvalue weighted by Crippen LogP contribution is -2.52. The highest BCUT2D eigenvalue weighted by Gasteiger charge is 2.32. The Labute approximate surface area is 263 Å². The second-order valence-corrected chi connectivity index (χ2v) is 14.1. The third-order valence-corrected chi connectivity index (χ3v) is 6.27. The van der Waals surface area contributed by atoms with Crippen LogP contribution in [0.5, 0.6) is 5.75 Å². The van der Waals surface area contributed by atoms with Gasteiger partial charge in [0.2, 0.25) is 0 Å². The highest BCUT2D eigenvalue weighted by molar-refractivity contribution is 5.84. The van der Waals surface area contributed by atoms with Gasteiger partial charge >= 0.3 is 18.0 Å². The summed E-state index contributed by atoms with van der Waals surface area (Å²) >= 11 is 0. The summed E-state index contributed by atoms with van der Waals surface area (Å²) in [5.74, 6) is -1.04. The molecule has 0 saturated carbocycles. The molecule has 2 atom stereocenters. The molecular formula is C35H53N3O6. The largest absolute Gasteiger partial charge is 0.488 e. The number of ether oxygens (including phenoxy) is 3. The summed E-state index contributed by atoms with van der Waals surface area (Å²) in [7, 11) is 0. The Morgan fingerprint density at radius 3 is 1.86 bits per heavy atom. The molecule has 0 radical (unpaired) electrons. The first-order valence-electron chi connectivity index (χ1n) is 15.4. The van der Waals surface area contributed by atoms with Gasteiger partial charge in [-0.25, -0.2) is 9.59 Å². The number of nitrogens with zero attached hydrogens (tertiary/aromatic N) is 1. The molecule has 0 aromatic heterocycles. The molecule has 0 aliphatic rings. The fourth-order valence-electron chi connectivity index (χ4n) is 4.38. The van der Waals surface area contributed by atoms with Crippen LogP contribution < -0.4 is 15.8 Å². The lowest BCUT2D eigenvalue weighted by molar-refractivity contribution is -0.160. The van der Waals surface area contributed by atoms with E-state index in [0.29, 0.717) is 18.7 Å². The number of esters is 2. The summed E-state index contributed by atoms with van der Waals surface area (Å²) in [6.07, 6.45) is 1.60. The van der Waals surface area contributed by atoms with Crippen LogP contribution in [0.1, 0.15) is 79.9 Å². The normalized spacial score (nSPS) is 13.4. The van der Waals surface area contributed by atoms with Crippen molar-refractivity contribution in [3.8, 4) is 5.75 Å². The number of hydrogen-bond donors (Lipinski definition) is 2. The van der Waals surface area contributed by atoms with Crippen molar-refractivity contribution < 1.29 is 28.6 Å². The van der Waals surface area contributed by atoms with Crippen LogP contribution in [0, 0.1) is 5.92 Å². The van der Waals surface area contributed by atoms with Gasteiger partial charge in [0.05, 0.1) is 5.92 Å². The van der Waals surface area contributed by atoms with Gasteiger partial charge in [-0.1, -0.05) is 42.5 Å². The predicted octanol–water partition coefficient (Wildman–Crippen LogP) is 5.68. The zero-order chi connectivity index (χ0) is 33.1. The number of hydrogen-bond acceptors (Lipinski definition) is 7. The van der Waals surface area contributed by atoms with Crippen LogP contribution in [0.15, 0.2) is 54.6 Å². The molecule has 0 aliphatic carbocycles. The maximum atomic E-state index is 13.8. The molecule has 2 rings (SSSR count). The van der Waals surface area contributed by atoms with E-state index >= 15 is 0 Å². The Balaban J connectivity index is 2.29. The summed E-state index contributed by atoms with van der Waals surface area (Å²) in [6.45, 7) is 17.0. The molecule has 0 saturated heterocycles. The number of nitrogens with two attached hydrogens (primary N) is 1. The number of carbonyl (C=O) groups excluding carboxylic acids is 3. The van der Waals surface area contributed by atoms with Gasteiger partial charge in [-0.15, -0.1) is 0 Å². The zero-order valence-corrected chi connectivity index (χ0v) is 28.1. The first kappa shape index (κ1) is 36.6. The average Bonchev–Trinajstić information content (AvgIpc) is 2.89. The maximum Gasteiger partial charge on any atom is 0.329 e. The first-order chi connectivity index (χ1) is 20.3. The Morgan fingerprint density at radius 2 is 1.34 bits per heavy atom. The molecule has 0 unspecified atom stereocenters. The second-order valence-electron chi connectivity index (χ2n) is 14.1. The highest BCUT2D eigenvalue weighted by atomic mass is 16.6. The van der Waals surface area contributed by atoms with E-state index in [-0.39, 0.29) is 25.1 Å². The monoisotopic (exact) mass is 611 g/mol. The van der Waals surface area contributed by atoms with Gasteiger partial charge in [-0.3, -0.25) is 4.79 Å². The topological polar surface area (TPSA) is 120 Å². The SMILES string of the molecule is CC(C)(C)OC(=O)[C@H](CN)CN(CCCc1ccccc1)C(=O)N[C@@H](Cc1ccc(OC(C)(C)C)cc1)C(=O)OC(C)(C)C. The molecule has 3 N–H and O–H groups in total. The number of urea groups is 1. The number of benzene rings is 2. The van der Waals surface area contributed by atoms with Crippen molar-refractivity contribution >= 4 is 18.0 Å². The van der Waals surface area contributed by atoms with Crippen molar-refractivity contribution in [1.82, 2.24) is 10.2 Å². The Hall–Kier alpha value is -3.59. The Morgan fingerprint density at radius 1 is 0.773 bits per heavy atom. The molecule has 244 valence electrons. The first-order valence-corrected chi connectivity index (χ1v) is 15.4. The van der Waals surface area contributed by atoms with Gasteiger partial charge in [0.15, 0.2) is 0 Å². The van der Waals surface area contributed by atoms with E-state index in [4.69, 9.17) is 19.9 Å². The molecule has 0 heterocycles. The molecule has 2 aromatic carbocycles. The zero-order valence-electron chi connectivity index (χ0n) is 28.1. The van der Waals surface area contributed by atoms with E-state index in [1.165, 1.54) is 0 Å². The van der Waals surface area contributed by atoms with Gasteiger partial charge < -0.3 is 30.2 Å². The van der Waals surface area contributed by atoms with Crippen molar-refractivity contribution in [3.05, 3.63) is 65.7 Å². The van der Waals surface area contributed by atoms with Gasteiger partial charge in [-0.05, 0) is 98.4 Å². The summed E-state index contributed by atoms with van der Waals surface area (Å²) in [4.78, 5) is 41.6. The minimum absolute atomic E-state index is 0.00978. The quantitative estimate of drug-likeness (QED) is 0.280. The second kappa shape index (κ2) is 15.9. The molecule has 9 nitrogen and oxygen atoms in total. The van der Waals surface area contributed by atoms with Gasteiger partial charge in [0.1, 0.15) is 28.6 Å². The van der Waals surface area contributed by atoms with Crippen molar-refractivity contribution in [2.24, 2.45) is 11.7 Å². The van der Waals surface area contributed by atoms with E-state index in [2.05, 4.69) is 5.32 Å². The molecular weight excluding hydrogens is 558 g/mol. The third-order valence-electron chi connectivity index (χ3n) is 6.27. The fourth-order valence-corrected chi connectivity index (χ4v) is 4.38. The van der Waals surface area contributed by atoms with Crippen LogP contribution in [0.25, 0.3) is 0 Å². The summed E-state index contributed by atoms with van der Waals surface area (Å²) in [6, 6.07) is 15.9. The maximum absolute atomic E-state index is 13.8. The number of amides is 2. The minimum Gasteiger partial charge on any atom is -0.488 e. The van der Waals surface area contributed by atoms with E-state index in [0.717, 1.165) is 17.5 Å². The standard InChI is InChI=1S/C35H53N3O6/c1-33(2,3)42-28-19-17-26(18-20-28)22-29(31(40)44-35(7,8)9)37-32(41)38(21-13-16-25-14-11-10-12-15-25)24-27(23-36)30(39)43-34(4,5)6/h10-12,14-15,17-20,27,29H,13,16,21-24,36H2,1-9H3,(H,37,41)/t27-,29+/m1/s1. The molecule has 0 bridgehead atoms. The molecule has 0 spiro atoms. The van der Waals surface area contributed by atoms with Crippen molar-refractivity contribution in [3.63, 3.8) is 0 Å². The fraction of sp³-hybridized carbons (Fsp3) is 0.571. The van der Waals surface area contributed by atoms with Crippen LogP contribution in [0.2, 0.25) is 0 Å². The summed E-state index contributed by atoms with van der Waals surface area (Å²) in [5, 5.41) is 2.89. The average molecular weight is 612 g/mol. The Bertz CT molecular complexity index is 1190. The number of rotatable bonds is 13. The van der Waals surface area contributed by atoms with Crippen LogP contribution in [0.3, 0.4) is 0 Å². The lowest BCUT2D eigenvalue weighted by Gasteiger charge is -2.31. The number of aryl methyl sites for hydroxylation is 1. The van der Waals surface area contributed by atoms with Crippen LogP contribution >= 0.6 is 0 Å². The van der Waals surface area contributed by atoms with Crippen LogP contribution in [-0.4, -0.2) is 65.3 Å². The van der Waals surface area contributed by atoms with Crippen LogP contribution in [0.4, 0.5) is 4.79 Å². The summed E-state index contributed by atoms with van der Waals surface area (Å²) < 4.78 is 17.2. The van der Waals surface area contributed by atoms with Crippen LogP contribution in [-0.2, 0) is 31.9 Å².